The quantitative estimate of drug-likeness (QED) is 0.879. The van der Waals surface area contributed by atoms with Crippen LogP contribution >= 0.6 is 11.6 Å². The molecule has 2 N–H and O–H groups in total. The molecule has 0 unspecified atom stereocenters. The van der Waals surface area contributed by atoms with Crippen LogP contribution in [0.4, 0.5) is 0 Å². The van der Waals surface area contributed by atoms with Crippen molar-refractivity contribution < 1.29 is 4.74 Å². The first kappa shape index (κ1) is 10.8. The van der Waals surface area contributed by atoms with E-state index in [0.717, 1.165) is 0 Å². The zero-order chi connectivity index (χ0) is 11.4. The Kier molecular flexibility index (Phi) is 3.28. The molecule has 0 aliphatic carbocycles. The van der Waals surface area contributed by atoms with Gasteiger partial charge in [0.05, 0.1) is 11.2 Å². The van der Waals surface area contributed by atoms with Crippen LogP contribution in [0.3, 0.4) is 0 Å². The Labute approximate surface area is 97.3 Å². The van der Waals surface area contributed by atoms with Gasteiger partial charge in [-0.3, -0.25) is 9.97 Å². The van der Waals surface area contributed by atoms with Gasteiger partial charge < -0.3 is 10.5 Å². The first-order chi connectivity index (χ1) is 7.79. The molecular weight excluding hydrogens is 228 g/mol. The van der Waals surface area contributed by atoms with Crippen LogP contribution in [0.2, 0.25) is 5.02 Å². The van der Waals surface area contributed by atoms with Gasteiger partial charge in [-0.1, -0.05) is 11.6 Å². The summed E-state index contributed by atoms with van der Waals surface area (Å²) in [4.78, 5) is 12.0. The average Bonchev–Trinajstić information content (AvgIpc) is 2.30. The molecular formula is C10H9ClN4O. The number of ether oxygens (including phenoxy) is 1. The number of halogens is 1. The highest BCUT2D eigenvalue weighted by molar-refractivity contribution is 6.30. The topological polar surface area (TPSA) is 73.9 Å². The molecule has 0 saturated carbocycles. The second kappa shape index (κ2) is 4.87. The van der Waals surface area contributed by atoms with Crippen LogP contribution in [0.5, 0.6) is 11.6 Å². The number of hydrogen-bond donors (Lipinski definition) is 1. The lowest BCUT2D eigenvalue weighted by Gasteiger charge is -2.06. The fraction of sp³-hybridized carbons (Fsp3) is 0.100. The number of hydrogen-bond acceptors (Lipinski definition) is 5. The average molecular weight is 237 g/mol. The van der Waals surface area contributed by atoms with E-state index in [0.29, 0.717) is 22.3 Å². The third-order valence-electron chi connectivity index (χ3n) is 1.82. The van der Waals surface area contributed by atoms with Gasteiger partial charge in [0.25, 0.3) is 0 Å². The van der Waals surface area contributed by atoms with Crippen LogP contribution in [0, 0.1) is 0 Å². The van der Waals surface area contributed by atoms with Crippen LogP contribution in [0.25, 0.3) is 0 Å². The first-order valence-corrected chi connectivity index (χ1v) is 4.96. The molecule has 0 atom stereocenters. The third kappa shape index (κ3) is 2.44. The Hall–Kier alpha value is -1.72. The number of aromatic nitrogens is 3. The molecule has 2 aromatic heterocycles. The van der Waals surface area contributed by atoms with Crippen LogP contribution in [-0.2, 0) is 6.54 Å². The van der Waals surface area contributed by atoms with Crippen molar-refractivity contribution in [3.8, 4) is 11.6 Å². The summed E-state index contributed by atoms with van der Waals surface area (Å²) in [5.74, 6) is 0.872. The third-order valence-corrected chi connectivity index (χ3v) is 2.03. The standard InChI is InChI=1S/C10H9ClN4O/c11-7-3-8(6-13-5-7)16-10-9(4-12)14-1-2-15-10/h1-3,5-6H,4,12H2. The molecule has 0 fully saturated rings. The van der Waals surface area contributed by atoms with Crippen LogP contribution in [0.15, 0.2) is 30.9 Å². The van der Waals surface area contributed by atoms with Crippen molar-refractivity contribution >= 4 is 11.6 Å². The van der Waals surface area contributed by atoms with Gasteiger partial charge in [0.1, 0.15) is 11.4 Å². The van der Waals surface area contributed by atoms with Crippen molar-refractivity contribution in [3.05, 3.63) is 41.6 Å². The van der Waals surface area contributed by atoms with Gasteiger partial charge in [-0.25, -0.2) is 4.98 Å². The SMILES string of the molecule is NCc1nccnc1Oc1cncc(Cl)c1. The Morgan fingerprint density at radius 2 is 2.06 bits per heavy atom. The van der Waals surface area contributed by atoms with E-state index in [9.17, 15) is 0 Å². The van der Waals surface area contributed by atoms with Crippen LogP contribution in [0.1, 0.15) is 5.69 Å². The van der Waals surface area contributed by atoms with E-state index in [1.807, 2.05) is 0 Å². The highest BCUT2D eigenvalue weighted by Gasteiger charge is 2.06. The summed E-state index contributed by atoms with van der Waals surface area (Å²) in [5.41, 5.74) is 6.10. The lowest BCUT2D eigenvalue weighted by atomic mass is 10.4. The maximum atomic E-state index is 5.78. The molecule has 0 amide bonds. The molecule has 6 heteroatoms. The number of rotatable bonds is 3. The van der Waals surface area contributed by atoms with Gasteiger partial charge in [-0.05, 0) is 0 Å². The van der Waals surface area contributed by atoms with Crippen LogP contribution < -0.4 is 10.5 Å². The lowest BCUT2D eigenvalue weighted by Crippen LogP contribution is -2.03. The molecule has 0 aliphatic heterocycles. The van der Waals surface area contributed by atoms with Gasteiger partial charge in [-0.15, -0.1) is 0 Å². The van der Waals surface area contributed by atoms with E-state index < -0.39 is 0 Å². The summed E-state index contributed by atoms with van der Waals surface area (Å²) in [7, 11) is 0. The van der Waals surface area contributed by atoms with Crippen molar-refractivity contribution in [1.82, 2.24) is 15.0 Å². The molecule has 5 nitrogen and oxygen atoms in total. The molecule has 2 heterocycles. The molecule has 0 radical (unpaired) electrons. The molecule has 0 saturated heterocycles. The predicted molar refractivity (Wildman–Crippen MR) is 59.2 cm³/mol. The molecule has 0 aromatic carbocycles. The Bertz CT molecular complexity index is 492. The summed E-state index contributed by atoms with van der Waals surface area (Å²) in [6, 6.07) is 1.64. The summed E-state index contributed by atoms with van der Waals surface area (Å²) in [6.07, 6.45) is 6.16. The van der Waals surface area contributed by atoms with Crippen molar-refractivity contribution in [2.75, 3.05) is 0 Å². The fourth-order valence-corrected chi connectivity index (χ4v) is 1.30. The molecule has 2 rings (SSSR count). The summed E-state index contributed by atoms with van der Waals surface area (Å²) < 4.78 is 5.48. The minimum Gasteiger partial charge on any atom is -0.436 e. The van der Waals surface area contributed by atoms with Crippen molar-refractivity contribution in [2.45, 2.75) is 6.54 Å². The van der Waals surface area contributed by atoms with Gasteiger partial charge >= 0.3 is 0 Å². The van der Waals surface area contributed by atoms with Crippen LogP contribution in [-0.4, -0.2) is 15.0 Å². The lowest BCUT2D eigenvalue weighted by molar-refractivity contribution is 0.450. The second-order valence-corrected chi connectivity index (χ2v) is 3.39. The number of nitrogens with two attached hydrogens (primary N) is 1. The normalized spacial score (nSPS) is 10.1. The maximum Gasteiger partial charge on any atom is 0.242 e. The monoisotopic (exact) mass is 236 g/mol. The summed E-state index contributed by atoms with van der Waals surface area (Å²) in [6.45, 7) is 0.261. The molecule has 0 bridgehead atoms. The largest absolute Gasteiger partial charge is 0.436 e. The van der Waals surface area contributed by atoms with E-state index in [-0.39, 0.29) is 6.54 Å². The Morgan fingerprint density at radius 1 is 1.25 bits per heavy atom. The smallest absolute Gasteiger partial charge is 0.242 e. The Balaban J connectivity index is 2.26. The highest BCUT2D eigenvalue weighted by atomic mass is 35.5. The minimum atomic E-state index is 0.261. The van der Waals surface area contributed by atoms with Crippen molar-refractivity contribution in [1.29, 1.82) is 0 Å². The second-order valence-electron chi connectivity index (χ2n) is 2.95. The van der Waals surface area contributed by atoms with Gasteiger partial charge in [0, 0.05) is 31.2 Å². The number of nitrogens with zero attached hydrogens (tertiary/aromatic N) is 3. The minimum absolute atomic E-state index is 0.261. The van der Waals surface area contributed by atoms with Gasteiger partial charge in [-0.2, -0.15) is 0 Å². The molecule has 2 aromatic rings. The van der Waals surface area contributed by atoms with E-state index in [4.69, 9.17) is 22.1 Å². The van der Waals surface area contributed by atoms with Crippen molar-refractivity contribution in [2.24, 2.45) is 5.73 Å². The summed E-state index contributed by atoms with van der Waals surface area (Å²) >= 11 is 5.78. The van der Waals surface area contributed by atoms with E-state index >= 15 is 0 Å². The van der Waals surface area contributed by atoms with E-state index in [1.165, 1.54) is 12.4 Å². The molecule has 82 valence electrons. The number of pyridine rings is 1. The van der Waals surface area contributed by atoms with Gasteiger partial charge in [0.15, 0.2) is 0 Å². The molecule has 0 spiro atoms. The van der Waals surface area contributed by atoms with E-state index in [1.54, 1.807) is 18.5 Å². The fourth-order valence-electron chi connectivity index (χ4n) is 1.14. The van der Waals surface area contributed by atoms with Crippen molar-refractivity contribution in [3.63, 3.8) is 0 Å². The van der Waals surface area contributed by atoms with Gasteiger partial charge in [0.2, 0.25) is 5.88 Å². The zero-order valence-electron chi connectivity index (χ0n) is 8.30. The molecule has 0 aliphatic rings. The maximum absolute atomic E-state index is 5.78. The Morgan fingerprint density at radius 3 is 2.81 bits per heavy atom. The van der Waals surface area contributed by atoms with E-state index in [2.05, 4.69) is 15.0 Å². The first-order valence-electron chi connectivity index (χ1n) is 4.58. The predicted octanol–water partition coefficient (Wildman–Crippen LogP) is 1.78. The highest BCUT2D eigenvalue weighted by Crippen LogP contribution is 2.22. The molecule has 16 heavy (non-hydrogen) atoms. The summed E-state index contributed by atoms with van der Waals surface area (Å²) in [5, 5.41) is 0.496. The zero-order valence-corrected chi connectivity index (χ0v) is 9.05.